The van der Waals surface area contributed by atoms with E-state index in [2.05, 4.69) is 48.1 Å². The summed E-state index contributed by atoms with van der Waals surface area (Å²) in [6.45, 7) is 10.6. The van der Waals surface area contributed by atoms with Gasteiger partial charge in [-0.25, -0.2) is 4.98 Å². The molecule has 0 bridgehead atoms. The molecule has 0 amide bonds. The minimum Gasteiger partial charge on any atom is -0.283 e. The van der Waals surface area contributed by atoms with Crippen LogP contribution in [0.4, 0.5) is 11.5 Å². The third kappa shape index (κ3) is 3.02. The predicted octanol–water partition coefficient (Wildman–Crippen LogP) is 5.66. The number of imidazole rings is 1. The van der Waals surface area contributed by atoms with Gasteiger partial charge in [-0.15, -0.1) is 10.2 Å². The molecule has 23 heavy (non-hydrogen) atoms. The predicted molar refractivity (Wildman–Crippen MR) is 94.0 cm³/mol. The molecule has 1 aromatic carbocycles. The molecule has 0 saturated carbocycles. The molecule has 0 aliphatic heterocycles. The van der Waals surface area contributed by atoms with E-state index in [9.17, 15) is 0 Å². The average molecular weight is 306 g/mol. The molecule has 2 aromatic heterocycles. The van der Waals surface area contributed by atoms with Crippen LogP contribution in [0.25, 0.3) is 5.65 Å². The molecule has 118 valence electrons. The molecule has 0 aliphatic carbocycles. The highest BCUT2D eigenvalue weighted by molar-refractivity contribution is 5.56. The second-order valence-electron chi connectivity index (χ2n) is 6.90. The van der Waals surface area contributed by atoms with Crippen molar-refractivity contribution in [1.82, 2.24) is 9.38 Å². The van der Waals surface area contributed by atoms with Crippen molar-refractivity contribution in [2.45, 2.75) is 40.0 Å². The molecule has 2 heterocycles. The molecule has 0 N–H and O–H groups in total. The van der Waals surface area contributed by atoms with Gasteiger partial charge in [-0.1, -0.05) is 39.0 Å². The largest absolute Gasteiger partial charge is 0.283 e. The number of hydrogen-bond acceptors (Lipinski definition) is 3. The minimum absolute atomic E-state index is 0.144. The van der Waals surface area contributed by atoms with Crippen molar-refractivity contribution >= 4 is 17.2 Å². The van der Waals surface area contributed by atoms with E-state index in [4.69, 9.17) is 0 Å². The minimum atomic E-state index is 0.144. The molecule has 4 nitrogen and oxygen atoms in total. The van der Waals surface area contributed by atoms with Crippen LogP contribution in [0.15, 0.2) is 52.8 Å². The first-order valence-corrected chi connectivity index (χ1v) is 7.83. The van der Waals surface area contributed by atoms with Crippen molar-refractivity contribution in [2.24, 2.45) is 10.2 Å². The first-order valence-electron chi connectivity index (χ1n) is 7.83. The van der Waals surface area contributed by atoms with Crippen LogP contribution in [-0.2, 0) is 5.41 Å². The number of aryl methyl sites for hydroxylation is 2. The zero-order valence-corrected chi connectivity index (χ0v) is 14.3. The van der Waals surface area contributed by atoms with Gasteiger partial charge >= 0.3 is 0 Å². The molecule has 0 atom stereocenters. The molecule has 0 aliphatic rings. The molecular weight excluding hydrogens is 284 g/mol. The van der Waals surface area contributed by atoms with Gasteiger partial charge in [0.1, 0.15) is 5.65 Å². The summed E-state index contributed by atoms with van der Waals surface area (Å²) in [6, 6.07) is 12.3. The summed E-state index contributed by atoms with van der Waals surface area (Å²) in [5.41, 5.74) is 5.23. The van der Waals surface area contributed by atoms with Gasteiger partial charge in [0.15, 0.2) is 5.82 Å². The van der Waals surface area contributed by atoms with E-state index < -0.39 is 0 Å². The molecule has 0 radical (unpaired) electrons. The number of pyridine rings is 1. The van der Waals surface area contributed by atoms with Crippen LogP contribution in [0, 0.1) is 13.8 Å². The Kier molecular flexibility index (Phi) is 3.76. The summed E-state index contributed by atoms with van der Waals surface area (Å²) in [7, 11) is 0. The van der Waals surface area contributed by atoms with E-state index in [0.29, 0.717) is 0 Å². The van der Waals surface area contributed by atoms with Gasteiger partial charge < -0.3 is 0 Å². The number of fused-ring (bicyclic) bond motifs is 1. The monoisotopic (exact) mass is 306 g/mol. The Morgan fingerprint density at radius 2 is 1.65 bits per heavy atom. The van der Waals surface area contributed by atoms with Crippen molar-refractivity contribution in [1.29, 1.82) is 0 Å². The van der Waals surface area contributed by atoms with Crippen molar-refractivity contribution in [3.8, 4) is 0 Å². The quantitative estimate of drug-likeness (QED) is 0.563. The summed E-state index contributed by atoms with van der Waals surface area (Å²) in [6.07, 6.45) is 1.97. The summed E-state index contributed by atoms with van der Waals surface area (Å²) in [4.78, 5) is 4.58. The van der Waals surface area contributed by atoms with E-state index in [0.717, 1.165) is 28.4 Å². The molecule has 3 aromatic rings. The maximum absolute atomic E-state index is 4.58. The van der Waals surface area contributed by atoms with Crippen LogP contribution in [0.1, 0.15) is 37.6 Å². The van der Waals surface area contributed by atoms with Crippen LogP contribution >= 0.6 is 0 Å². The molecule has 4 heteroatoms. The third-order valence-corrected chi connectivity index (χ3v) is 3.98. The SMILES string of the molecule is Cc1nc2c(C)cccn2c1N=Nc1ccc(C(C)(C)C)cc1. The highest BCUT2D eigenvalue weighted by Crippen LogP contribution is 2.27. The average Bonchev–Trinajstić information content (AvgIpc) is 2.82. The number of rotatable bonds is 2. The number of benzene rings is 1. The number of aromatic nitrogens is 2. The smallest absolute Gasteiger partial charge is 0.182 e. The first-order chi connectivity index (χ1) is 10.9. The number of nitrogens with zero attached hydrogens (tertiary/aromatic N) is 4. The van der Waals surface area contributed by atoms with Crippen molar-refractivity contribution < 1.29 is 0 Å². The second kappa shape index (κ2) is 5.61. The van der Waals surface area contributed by atoms with Gasteiger partial charge in [0, 0.05) is 6.20 Å². The second-order valence-corrected chi connectivity index (χ2v) is 6.90. The lowest BCUT2D eigenvalue weighted by Gasteiger charge is -2.18. The fourth-order valence-electron chi connectivity index (χ4n) is 2.56. The topological polar surface area (TPSA) is 42.0 Å². The van der Waals surface area contributed by atoms with E-state index in [1.54, 1.807) is 0 Å². The van der Waals surface area contributed by atoms with E-state index in [1.807, 2.05) is 48.7 Å². The van der Waals surface area contributed by atoms with Crippen LogP contribution in [0.2, 0.25) is 0 Å². The van der Waals surface area contributed by atoms with Crippen LogP contribution < -0.4 is 0 Å². The molecular formula is C19H22N4. The van der Waals surface area contributed by atoms with Crippen molar-refractivity contribution in [3.05, 3.63) is 59.4 Å². The van der Waals surface area contributed by atoms with E-state index in [-0.39, 0.29) is 5.41 Å². The fraction of sp³-hybridized carbons (Fsp3) is 0.316. The lowest BCUT2D eigenvalue weighted by atomic mass is 9.87. The Labute approximate surface area is 136 Å². The summed E-state index contributed by atoms with van der Waals surface area (Å²) in [5.74, 6) is 0.781. The Balaban J connectivity index is 1.94. The van der Waals surface area contributed by atoms with Crippen molar-refractivity contribution in [3.63, 3.8) is 0 Å². The van der Waals surface area contributed by atoms with Crippen LogP contribution in [-0.4, -0.2) is 9.38 Å². The van der Waals surface area contributed by atoms with Gasteiger partial charge in [-0.2, -0.15) is 0 Å². The zero-order chi connectivity index (χ0) is 16.6. The fourth-order valence-corrected chi connectivity index (χ4v) is 2.56. The highest BCUT2D eigenvalue weighted by Gasteiger charge is 2.13. The van der Waals surface area contributed by atoms with E-state index >= 15 is 0 Å². The zero-order valence-electron chi connectivity index (χ0n) is 14.3. The third-order valence-electron chi connectivity index (χ3n) is 3.98. The number of azo groups is 1. The molecule has 3 rings (SSSR count). The summed E-state index contributed by atoms with van der Waals surface area (Å²) >= 11 is 0. The standard InChI is InChI=1S/C19H22N4/c1-13-7-6-12-23-17(13)20-14(2)18(23)22-21-16-10-8-15(9-11-16)19(3,4)5/h6-12H,1-5H3. The molecule has 0 unspecified atom stereocenters. The Morgan fingerprint density at radius 3 is 2.30 bits per heavy atom. The molecule has 0 saturated heterocycles. The normalized spacial score (nSPS) is 12.4. The summed E-state index contributed by atoms with van der Waals surface area (Å²) in [5, 5.41) is 8.80. The highest BCUT2D eigenvalue weighted by atomic mass is 15.2. The number of hydrogen-bond donors (Lipinski definition) is 0. The lowest BCUT2D eigenvalue weighted by Crippen LogP contribution is -2.10. The molecule has 0 spiro atoms. The van der Waals surface area contributed by atoms with Crippen molar-refractivity contribution in [2.75, 3.05) is 0 Å². The van der Waals surface area contributed by atoms with Crippen LogP contribution in [0.3, 0.4) is 0 Å². The van der Waals surface area contributed by atoms with Gasteiger partial charge in [0.05, 0.1) is 11.4 Å². The first kappa shape index (κ1) is 15.4. The summed E-state index contributed by atoms with van der Waals surface area (Å²) < 4.78 is 1.98. The Hall–Kier alpha value is -2.49. The maximum Gasteiger partial charge on any atom is 0.182 e. The Bertz CT molecular complexity index is 865. The van der Waals surface area contributed by atoms with Gasteiger partial charge in [0.2, 0.25) is 0 Å². The van der Waals surface area contributed by atoms with Gasteiger partial charge in [-0.3, -0.25) is 4.40 Å². The maximum atomic E-state index is 4.58. The lowest BCUT2D eigenvalue weighted by molar-refractivity contribution is 0.590. The van der Waals surface area contributed by atoms with Gasteiger partial charge in [0.25, 0.3) is 0 Å². The van der Waals surface area contributed by atoms with E-state index in [1.165, 1.54) is 5.56 Å². The Morgan fingerprint density at radius 1 is 0.957 bits per heavy atom. The van der Waals surface area contributed by atoms with Crippen LogP contribution in [0.5, 0.6) is 0 Å². The molecule has 0 fully saturated rings. The van der Waals surface area contributed by atoms with Gasteiger partial charge in [-0.05, 0) is 48.6 Å².